The Hall–Kier alpha value is -4.30. The molecule has 8 heteroatoms. The topological polar surface area (TPSA) is 115 Å². The maximum atomic E-state index is 12.6. The molecule has 2 aliphatic rings. The highest BCUT2D eigenvalue weighted by Crippen LogP contribution is 2.36. The molecule has 2 aliphatic heterocycles. The molecule has 2 heterocycles. The van der Waals surface area contributed by atoms with E-state index in [1.807, 2.05) is 38.2 Å². The average Bonchev–Trinajstić information content (AvgIpc) is 3.45. The molecule has 5 N–H and O–H groups in total. The normalized spacial score (nSPS) is 15.9. The Morgan fingerprint density at radius 3 is 2.57 bits per heavy atom. The number of allylic oxidation sites excluding steroid dienone is 1. The zero-order valence-corrected chi connectivity index (χ0v) is 19.5. The highest BCUT2D eigenvalue weighted by Gasteiger charge is 2.27. The summed E-state index contributed by atoms with van der Waals surface area (Å²) >= 11 is 0. The summed E-state index contributed by atoms with van der Waals surface area (Å²) in [4.78, 5) is 24.1. The Balaban J connectivity index is 1.32. The lowest BCUT2D eigenvalue weighted by molar-refractivity contribution is -0.110. The molecule has 0 saturated heterocycles. The van der Waals surface area contributed by atoms with Gasteiger partial charge in [0, 0.05) is 34.2 Å². The Morgan fingerprint density at radius 2 is 1.83 bits per heavy atom. The smallest absolute Gasteiger partial charge is 0.258 e. The van der Waals surface area contributed by atoms with Crippen molar-refractivity contribution in [1.29, 1.82) is 0 Å². The van der Waals surface area contributed by atoms with Gasteiger partial charge in [-0.05, 0) is 67.9 Å². The minimum absolute atomic E-state index is 0.121. The van der Waals surface area contributed by atoms with Crippen molar-refractivity contribution >= 4 is 28.8 Å². The predicted octanol–water partition coefficient (Wildman–Crippen LogP) is 3.81. The zero-order valence-electron chi connectivity index (χ0n) is 19.5. The lowest BCUT2D eigenvalue weighted by Gasteiger charge is -2.18. The molecular formula is C27H26N4O4. The van der Waals surface area contributed by atoms with E-state index >= 15 is 0 Å². The van der Waals surface area contributed by atoms with E-state index in [1.54, 1.807) is 18.2 Å². The van der Waals surface area contributed by atoms with E-state index in [0.29, 0.717) is 22.5 Å². The molecular weight excluding hydrogens is 444 g/mol. The standard InChI is InChI=1S/C27H26N4O4/c1-15(25-20-9-6-18(26(28)32)13-22(20)31-27(25)33)30-19-7-4-17(5-8-19)21(29-2)11-16-3-10-23-24(12-16)35-14-34-23/h3-10,12-13,21,29-30H,11,14H2,1-2H3,(H2,28,32)(H,31,33). The quantitative estimate of drug-likeness (QED) is 0.391. The van der Waals surface area contributed by atoms with Gasteiger partial charge in [-0.2, -0.15) is 0 Å². The summed E-state index contributed by atoms with van der Waals surface area (Å²) in [5.74, 6) is 0.806. The fraction of sp³-hybridized carbons (Fsp3) is 0.185. The van der Waals surface area contributed by atoms with Crippen LogP contribution < -0.4 is 31.2 Å². The van der Waals surface area contributed by atoms with Gasteiger partial charge in [-0.25, -0.2) is 0 Å². The molecule has 0 saturated carbocycles. The van der Waals surface area contributed by atoms with Gasteiger partial charge in [0.1, 0.15) is 0 Å². The van der Waals surface area contributed by atoms with E-state index in [4.69, 9.17) is 15.2 Å². The fourth-order valence-corrected chi connectivity index (χ4v) is 4.47. The first-order valence-electron chi connectivity index (χ1n) is 11.3. The number of amides is 2. The minimum atomic E-state index is -0.534. The molecule has 0 spiro atoms. The molecule has 3 aromatic rings. The summed E-state index contributed by atoms with van der Waals surface area (Å²) in [5, 5.41) is 9.52. The van der Waals surface area contributed by atoms with E-state index in [9.17, 15) is 9.59 Å². The number of rotatable bonds is 7. The molecule has 0 fully saturated rings. The van der Waals surface area contributed by atoms with E-state index in [1.165, 1.54) is 0 Å². The molecule has 1 atom stereocenters. The molecule has 2 amide bonds. The summed E-state index contributed by atoms with van der Waals surface area (Å²) in [6.07, 6.45) is 0.799. The van der Waals surface area contributed by atoms with Crippen molar-refractivity contribution in [2.45, 2.75) is 19.4 Å². The summed E-state index contributed by atoms with van der Waals surface area (Å²) in [5.41, 5.74) is 11.4. The number of nitrogens with two attached hydrogens (primary N) is 1. The van der Waals surface area contributed by atoms with E-state index in [0.717, 1.165) is 40.3 Å². The number of anilines is 2. The van der Waals surface area contributed by atoms with Gasteiger partial charge in [0.05, 0.1) is 5.57 Å². The first-order valence-corrected chi connectivity index (χ1v) is 11.3. The average molecular weight is 471 g/mol. The van der Waals surface area contributed by atoms with Crippen molar-refractivity contribution in [1.82, 2.24) is 5.32 Å². The summed E-state index contributed by atoms with van der Waals surface area (Å²) < 4.78 is 10.9. The zero-order chi connectivity index (χ0) is 24.5. The van der Waals surface area contributed by atoms with Crippen molar-refractivity contribution in [2.75, 3.05) is 24.5 Å². The van der Waals surface area contributed by atoms with Crippen LogP contribution in [-0.4, -0.2) is 25.7 Å². The van der Waals surface area contributed by atoms with Crippen LogP contribution in [0.3, 0.4) is 0 Å². The molecule has 35 heavy (non-hydrogen) atoms. The maximum Gasteiger partial charge on any atom is 0.258 e. The molecule has 0 aromatic heterocycles. The fourth-order valence-electron chi connectivity index (χ4n) is 4.47. The van der Waals surface area contributed by atoms with Crippen LogP contribution in [0.15, 0.2) is 66.4 Å². The Morgan fingerprint density at radius 1 is 1.06 bits per heavy atom. The van der Waals surface area contributed by atoms with Crippen molar-refractivity contribution < 1.29 is 19.1 Å². The molecule has 8 nitrogen and oxygen atoms in total. The number of primary amides is 1. The van der Waals surface area contributed by atoms with E-state index in [-0.39, 0.29) is 18.7 Å². The van der Waals surface area contributed by atoms with Gasteiger partial charge in [0.15, 0.2) is 11.5 Å². The van der Waals surface area contributed by atoms with Crippen LogP contribution in [0.25, 0.3) is 5.57 Å². The second-order valence-electron chi connectivity index (χ2n) is 8.56. The second kappa shape index (κ2) is 9.15. The van der Waals surface area contributed by atoms with Crippen LogP contribution in [0.1, 0.15) is 40.0 Å². The number of nitrogens with one attached hydrogen (secondary N) is 3. The van der Waals surface area contributed by atoms with Crippen LogP contribution >= 0.6 is 0 Å². The van der Waals surface area contributed by atoms with E-state index in [2.05, 4.69) is 34.1 Å². The molecule has 178 valence electrons. The molecule has 0 aliphatic carbocycles. The predicted molar refractivity (Wildman–Crippen MR) is 134 cm³/mol. The van der Waals surface area contributed by atoms with Crippen LogP contribution in [0.4, 0.5) is 11.4 Å². The lowest BCUT2D eigenvalue weighted by atomic mass is 9.98. The van der Waals surface area contributed by atoms with Gasteiger partial charge in [-0.3, -0.25) is 9.59 Å². The van der Waals surface area contributed by atoms with Gasteiger partial charge < -0.3 is 31.2 Å². The van der Waals surface area contributed by atoms with Gasteiger partial charge >= 0.3 is 0 Å². The lowest BCUT2D eigenvalue weighted by Crippen LogP contribution is -2.18. The molecule has 0 bridgehead atoms. The number of hydrogen-bond donors (Lipinski definition) is 4. The minimum Gasteiger partial charge on any atom is -0.454 e. The Labute approximate surface area is 203 Å². The number of hydrogen-bond acceptors (Lipinski definition) is 6. The molecule has 1 unspecified atom stereocenters. The van der Waals surface area contributed by atoms with Crippen LogP contribution in [0.5, 0.6) is 11.5 Å². The molecule has 0 radical (unpaired) electrons. The Kier molecular flexibility index (Phi) is 5.88. The third-order valence-electron chi connectivity index (χ3n) is 6.29. The third kappa shape index (κ3) is 4.43. The Bertz CT molecular complexity index is 1350. The number of carbonyl (C=O) groups is 2. The van der Waals surface area contributed by atoms with Crippen molar-refractivity contribution in [3.63, 3.8) is 0 Å². The number of ether oxygens (including phenoxy) is 2. The van der Waals surface area contributed by atoms with Crippen LogP contribution in [0.2, 0.25) is 0 Å². The third-order valence-corrected chi connectivity index (χ3v) is 6.29. The maximum absolute atomic E-state index is 12.6. The summed E-state index contributed by atoms with van der Waals surface area (Å²) in [6, 6.07) is 19.2. The van der Waals surface area contributed by atoms with Gasteiger partial charge in [0.25, 0.3) is 5.91 Å². The monoisotopic (exact) mass is 470 g/mol. The summed E-state index contributed by atoms with van der Waals surface area (Å²) in [7, 11) is 1.94. The van der Waals surface area contributed by atoms with Gasteiger partial charge in [0.2, 0.25) is 12.7 Å². The van der Waals surface area contributed by atoms with Crippen LogP contribution in [0, 0.1) is 0 Å². The van der Waals surface area contributed by atoms with E-state index < -0.39 is 5.91 Å². The second-order valence-corrected chi connectivity index (χ2v) is 8.56. The number of benzene rings is 3. The number of carbonyl (C=O) groups excluding carboxylic acids is 2. The molecule has 5 rings (SSSR count). The van der Waals surface area contributed by atoms with Gasteiger partial charge in [-0.1, -0.05) is 24.3 Å². The molecule has 3 aromatic carbocycles. The van der Waals surface area contributed by atoms with Crippen molar-refractivity contribution in [3.05, 3.63) is 88.6 Å². The largest absolute Gasteiger partial charge is 0.454 e. The highest BCUT2D eigenvalue weighted by molar-refractivity contribution is 6.32. The first kappa shape index (κ1) is 22.5. The van der Waals surface area contributed by atoms with Gasteiger partial charge in [-0.15, -0.1) is 0 Å². The number of fused-ring (bicyclic) bond motifs is 2. The number of likely N-dealkylation sites (N-methyl/N-ethyl adjacent to an activating group) is 1. The summed E-state index contributed by atoms with van der Waals surface area (Å²) in [6.45, 7) is 2.12. The van der Waals surface area contributed by atoms with Crippen molar-refractivity contribution in [2.24, 2.45) is 5.73 Å². The van der Waals surface area contributed by atoms with Crippen LogP contribution in [-0.2, 0) is 11.2 Å². The SMILES string of the molecule is CNC(Cc1ccc2c(c1)OCO2)c1ccc(NC(C)=C2C(=O)Nc3cc(C(N)=O)ccc32)cc1. The highest BCUT2D eigenvalue weighted by atomic mass is 16.7. The van der Waals surface area contributed by atoms with Crippen molar-refractivity contribution in [3.8, 4) is 11.5 Å². The first-order chi connectivity index (χ1) is 16.9.